The summed E-state index contributed by atoms with van der Waals surface area (Å²) >= 11 is 1.71. The molecule has 0 saturated heterocycles. The number of hydrogen-bond acceptors (Lipinski definition) is 2. The van der Waals surface area contributed by atoms with Crippen LogP contribution in [0.2, 0.25) is 0 Å². The maximum atomic E-state index is 4.79. The lowest BCUT2D eigenvalue weighted by Gasteiger charge is -2.03. The van der Waals surface area contributed by atoms with E-state index in [1.54, 1.807) is 11.3 Å². The standard InChI is InChI=1S/C14H18N2S/c1-5-12-9-17-14(16(12)4)15-13-10(2)7-6-8-11(13)3/h6-9H,5H2,1-4H3. The average molecular weight is 246 g/mol. The lowest BCUT2D eigenvalue weighted by molar-refractivity contribution is 0.799. The molecule has 0 unspecified atom stereocenters. The predicted octanol–water partition coefficient (Wildman–Crippen LogP) is 3.50. The maximum absolute atomic E-state index is 4.79. The van der Waals surface area contributed by atoms with E-state index in [1.165, 1.54) is 16.8 Å². The van der Waals surface area contributed by atoms with E-state index in [0.29, 0.717) is 0 Å². The summed E-state index contributed by atoms with van der Waals surface area (Å²) in [5, 5.41) is 2.19. The van der Waals surface area contributed by atoms with Crippen LogP contribution in [0.3, 0.4) is 0 Å². The molecule has 0 saturated carbocycles. The summed E-state index contributed by atoms with van der Waals surface area (Å²) in [4.78, 5) is 5.86. The van der Waals surface area contributed by atoms with E-state index in [1.807, 2.05) is 0 Å². The molecule has 1 aromatic heterocycles. The molecule has 0 atom stereocenters. The molecule has 0 radical (unpaired) electrons. The van der Waals surface area contributed by atoms with Gasteiger partial charge in [-0.05, 0) is 31.4 Å². The van der Waals surface area contributed by atoms with E-state index in [0.717, 1.165) is 16.9 Å². The minimum absolute atomic E-state index is 1.05. The van der Waals surface area contributed by atoms with Crippen molar-refractivity contribution in [1.82, 2.24) is 4.57 Å². The first-order valence-electron chi connectivity index (χ1n) is 5.87. The molecule has 1 heterocycles. The van der Waals surface area contributed by atoms with Crippen LogP contribution in [0.5, 0.6) is 0 Å². The zero-order valence-electron chi connectivity index (χ0n) is 10.8. The number of nitrogens with zero attached hydrogens (tertiary/aromatic N) is 2. The van der Waals surface area contributed by atoms with Gasteiger partial charge in [0.05, 0.1) is 5.69 Å². The summed E-state index contributed by atoms with van der Waals surface area (Å²) in [6.45, 7) is 6.39. The van der Waals surface area contributed by atoms with E-state index in [4.69, 9.17) is 4.99 Å². The fraction of sp³-hybridized carbons (Fsp3) is 0.357. The Balaban J connectivity index is 2.59. The molecule has 1 aromatic carbocycles. The molecule has 0 fully saturated rings. The maximum Gasteiger partial charge on any atom is 0.189 e. The molecule has 2 rings (SSSR count). The summed E-state index contributed by atoms with van der Waals surface area (Å²) in [6, 6.07) is 6.30. The van der Waals surface area contributed by atoms with Crippen molar-refractivity contribution in [3.05, 3.63) is 45.2 Å². The Bertz CT molecular complexity index is 570. The van der Waals surface area contributed by atoms with Crippen molar-refractivity contribution in [2.75, 3.05) is 0 Å². The molecule has 0 aliphatic rings. The van der Waals surface area contributed by atoms with Crippen LogP contribution in [-0.2, 0) is 13.5 Å². The third kappa shape index (κ3) is 2.34. The monoisotopic (exact) mass is 246 g/mol. The molecule has 0 aliphatic heterocycles. The molecule has 0 spiro atoms. The highest BCUT2D eigenvalue weighted by atomic mass is 32.1. The Morgan fingerprint density at radius 2 is 1.88 bits per heavy atom. The Morgan fingerprint density at radius 1 is 1.24 bits per heavy atom. The number of benzene rings is 1. The van der Waals surface area contributed by atoms with Gasteiger partial charge in [-0.25, -0.2) is 4.99 Å². The third-order valence-corrected chi connectivity index (χ3v) is 3.99. The van der Waals surface area contributed by atoms with E-state index >= 15 is 0 Å². The number of aryl methyl sites for hydroxylation is 3. The smallest absolute Gasteiger partial charge is 0.189 e. The number of aromatic nitrogens is 1. The summed E-state index contributed by atoms with van der Waals surface area (Å²) in [5.41, 5.74) is 4.90. The van der Waals surface area contributed by atoms with Crippen molar-refractivity contribution in [1.29, 1.82) is 0 Å². The van der Waals surface area contributed by atoms with Crippen molar-refractivity contribution >= 4 is 17.0 Å². The first kappa shape index (κ1) is 12.1. The van der Waals surface area contributed by atoms with Crippen LogP contribution in [0.15, 0.2) is 28.6 Å². The first-order chi connectivity index (χ1) is 8.13. The average Bonchev–Trinajstić information content (AvgIpc) is 2.65. The molecular formula is C14H18N2S. The highest BCUT2D eigenvalue weighted by Crippen LogP contribution is 2.22. The van der Waals surface area contributed by atoms with Crippen LogP contribution in [0, 0.1) is 13.8 Å². The van der Waals surface area contributed by atoms with Gasteiger partial charge < -0.3 is 4.57 Å². The Hall–Kier alpha value is -1.35. The van der Waals surface area contributed by atoms with Gasteiger partial charge in [-0.1, -0.05) is 25.1 Å². The molecule has 2 aromatic rings. The van der Waals surface area contributed by atoms with Crippen LogP contribution < -0.4 is 4.80 Å². The van der Waals surface area contributed by atoms with Gasteiger partial charge in [0, 0.05) is 18.1 Å². The lowest BCUT2D eigenvalue weighted by atomic mass is 10.1. The summed E-state index contributed by atoms with van der Waals surface area (Å²) < 4.78 is 2.18. The molecule has 3 heteroatoms. The summed E-state index contributed by atoms with van der Waals surface area (Å²) in [7, 11) is 2.09. The minimum Gasteiger partial charge on any atom is -0.324 e. The molecule has 90 valence electrons. The fourth-order valence-electron chi connectivity index (χ4n) is 1.90. The Morgan fingerprint density at radius 3 is 2.41 bits per heavy atom. The quantitative estimate of drug-likeness (QED) is 0.771. The zero-order valence-corrected chi connectivity index (χ0v) is 11.6. The SMILES string of the molecule is CCc1csc(=Nc2c(C)cccc2C)n1C. The van der Waals surface area contributed by atoms with Crippen LogP contribution in [-0.4, -0.2) is 4.57 Å². The normalized spacial score (nSPS) is 12.1. The van der Waals surface area contributed by atoms with Gasteiger partial charge in [0.2, 0.25) is 0 Å². The van der Waals surface area contributed by atoms with Crippen molar-refractivity contribution in [3.63, 3.8) is 0 Å². The fourth-order valence-corrected chi connectivity index (χ4v) is 2.89. The van der Waals surface area contributed by atoms with Crippen LogP contribution in [0.4, 0.5) is 5.69 Å². The topological polar surface area (TPSA) is 17.3 Å². The second kappa shape index (κ2) is 4.88. The summed E-state index contributed by atoms with van der Waals surface area (Å²) in [5.74, 6) is 0. The van der Waals surface area contributed by atoms with E-state index < -0.39 is 0 Å². The van der Waals surface area contributed by atoms with Gasteiger partial charge >= 0.3 is 0 Å². The first-order valence-corrected chi connectivity index (χ1v) is 6.75. The third-order valence-electron chi connectivity index (χ3n) is 3.03. The second-order valence-electron chi connectivity index (χ2n) is 4.27. The van der Waals surface area contributed by atoms with E-state index in [-0.39, 0.29) is 0 Å². The molecule has 2 nitrogen and oxygen atoms in total. The number of hydrogen-bond donors (Lipinski definition) is 0. The molecule has 0 amide bonds. The van der Waals surface area contributed by atoms with Crippen molar-refractivity contribution in [3.8, 4) is 0 Å². The van der Waals surface area contributed by atoms with Gasteiger partial charge in [-0.15, -0.1) is 11.3 Å². The molecular weight excluding hydrogens is 228 g/mol. The van der Waals surface area contributed by atoms with Crippen molar-refractivity contribution in [2.24, 2.45) is 12.0 Å². The van der Waals surface area contributed by atoms with Crippen LogP contribution in [0.25, 0.3) is 0 Å². The van der Waals surface area contributed by atoms with Crippen LogP contribution in [0.1, 0.15) is 23.7 Å². The minimum atomic E-state index is 1.05. The summed E-state index contributed by atoms with van der Waals surface area (Å²) in [6.07, 6.45) is 1.05. The number of para-hydroxylation sites is 1. The largest absolute Gasteiger partial charge is 0.324 e. The highest BCUT2D eigenvalue weighted by Gasteiger charge is 2.02. The van der Waals surface area contributed by atoms with Gasteiger partial charge in [0.25, 0.3) is 0 Å². The molecule has 0 bridgehead atoms. The van der Waals surface area contributed by atoms with Crippen LogP contribution >= 0.6 is 11.3 Å². The van der Waals surface area contributed by atoms with Gasteiger partial charge in [0.15, 0.2) is 4.80 Å². The molecule has 17 heavy (non-hydrogen) atoms. The number of thiazole rings is 1. The Labute approximate surface area is 106 Å². The van der Waals surface area contributed by atoms with Gasteiger partial charge in [-0.2, -0.15) is 0 Å². The van der Waals surface area contributed by atoms with Gasteiger partial charge in [-0.3, -0.25) is 0 Å². The van der Waals surface area contributed by atoms with E-state index in [9.17, 15) is 0 Å². The molecule has 0 N–H and O–H groups in total. The van der Waals surface area contributed by atoms with Crippen molar-refractivity contribution < 1.29 is 0 Å². The zero-order chi connectivity index (χ0) is 12.4. The predicted molar refractivity (Wildman–Crippen MR) is 73.8 cm³/mol. The molecule has 0 aliphatic carbocycles. The lowest BCUT2D eigenvalue weighted by Crippen LogP contribution is -2.12. The second-order valence-corrected chi connectivity index (χ2v) is 5.11. The highest BCUT2D eigenvalue weighted by molar-refractivity contribution is 7.07. The van der Waals surface area contributed by atoms with Gasteiger partial charge in [0.1, 0.15) is 0 Å². The Kier molecular flexibility index (Phi) is 3.48. The van der Waals surface area contributed by atoms with Crippen molar-refractivity contribution in [2.45, 2.75) is 27.2 Å². The van der Waals surface area contributed by atoms with E-state index in [2.05, 4.69) is 56.0 Å². The number of rotatable bonds is 2.